The van der Waals surface area contributed by atoms with Gasteiger partial charge in [0.1, 0.15) is 0 Å². The SMILES string of the molecule is C[C@H]1CCCN(C(=O)c2cccc(S(=O)(=O)N3CCOCC3)c2)C1. The molecule has 2 saturated heterocycles. The van der Waals surface area contributed by atoms with Gasteiger partial charge in [-0.1, -0.05) is 13.0 Å². The lowest BCUT2D eigenvalue weighted by Gasteiger charge is -2.31. The highest BCUT2D eigenvalue weighted by molar-refractivity contribution is 7.89. The van der Waals surface area contributed by atoms with E-state index in [1.54, 1.807) is 18.2 Å². The van der Waals surface area contributed by atoms with Crippen molar-refractivity contribution in [3.63, 3.8) is 0 Å². The number of amides is 1. The van der Waals surface area contributed by atoms with Crippen LogP contribution in [-0.4, -0.2) is 62.9 Å². The van der Waals surface area contributed by atoms with Crippen LogP contribution in [0.4, 0.5) is 0 Å². The molecule has 132 valence electrons. The van der Waals surface area contributed by atoms with Gasteiger partial charge in [-0.3, -0.25) is 4.79 Å². The van der Waals surface area contributed by atoms with Crippen LogP contribution in [0, 0.1) is 5.92 Å². The Hall–Kier alpha value is -1.44. The first-order chi connectivity index (χ1) is 11.5. The second-order valence-electron chi connectivity index (χ2n) is 6.54. The van der Waals surface area contributed by atoms with E-state index in [9.17, 15) is 13.2 Å². The molecule has 0 radical (unpaired) electrons. The van der Waals surface area contributed by atoms with Crippen LogP contribution in [0.2, 0.25) is 0 Å². The Morgan fingerprint density at radius 2 is 1.96 bits per heavy atom. The summed E-state index contributed by atoms with van der Waals surface area (Å²) in [5, 5.41) is 0. The summed E-state index contributed by atoms with van der Waals surface area (Å²) in [4.78, 5) is 14.7. The summed E-state index contributed by atoms with van der Waals surface area (Å²) in [6, 6.07) is 6.40. The number of hydrogen-bond acceptors (Lipinski definition) is 4. The van der Waals surface area contributed by atoms with E-state index in [4.69, 9.17) is 4.74 Å². The van der Waals surface area contributed by atoms with E-state index in [1.807, 2.05) is 4.90 Å². The Morgan fingerprint density at radius 3 is 2.67 bits per heavy atom. The fraction of sp³-hybridized carbons (Fsp3) is 0.588. The maximum Gasteiger partial charge on any atom is 0.253 e. The summed E-state index contributed by atoms with van der Waals surface area (Å²) in [6.45, 7) is 5.13. The maximum absolute atomic E-state index is 12.7. The van der Waals surface area contributed by atoms with Crippen molar-refractivity contribution in [2.75, 3.05) is 39.4 Å². The quantitative estimate of drug-likeness (QED) is 0.828. The summed E-state index contributed by atoms with van der Waals surface area (Å²) in [5.41, 5.74) is 0.443. The number of nitrogens with zero attached hydrogens (tertiary/aromatic N) is 2. The molecule has 6 nitrogen and oxygen atoms in total. The van der Waals surface area contributed by atoms with Crippen molar-refractivity contribution in [2.24, 2.45) is 5.92 Å². The van der Waals surface area contributed by atoms with Gasteiger partial charge < -0.3 is 9.64 Å². The van der Waals surface area contributed by atoms with Gasteiger partial charge in [0.2, 0.25) is 10.0 Å². The summed E-state index contributed by atoms with van der Waals surface area (Å²) in [7, 11) is -3.58. The standard InChI is InChI=1S/C17H24N2O4S/c1-14-4-3-7-18(13-14)17(20)15-5-2-6-16(12-15)24(21,22)19-8-10-23-11-9-19/h2,5-6,12,14H,3-4,7-11,13H2,1H3/t14-/m0/s1. The molecule has 1 amide bonds. The largest absolute Gasteiger partial charge is 0.379 e. The topological polar surface area (TPSA) is 66.9 Å². The molecule has 1 aromatic carbocycles. The minimum Gasteiger partial charge on any atom is -0.379 e. The van der Waals surface area contributed by atoms with Crippen LogP contribution in [0.1, 0.15) is 30.1 Å². The molecule has 7 heteroatoms. The predicted molar refractivity (Wildman–Crippen MR) is 90.3 cm³/mol. The number of hydrogen-bond donors (Lipinski definition) is 0. The van der Waals surface area contributed by atoms with Crippen molar-refractivity contribution in [3.05, 3.63) is 29.8 Å². The summed E-state index contributed by atoms with van der Waals surface area (Å²) in [6.07, 6.45) is 2.13. The molecule has 0 bridgehead atoms. The van der Waals surface area contributed by atoms with Crippen LogP contribution >= 0.6 is 0 Å². The molecule has 2 aliphatic rings. The molecule has 2 fully saturated rings. The van der Waals surface area contributed by atoms with Crippen molar-refractivity contribution < 1.29 is 17.9 Å². The molecule has 3 rings (SSSR count). The zero-order chi connectivity index (χ0) is 17.2. The average molecular weight is 352 g/mol. The van der Waals surface area contributed by atoms with Crippen molar-refractivity contribution in [1.82, 2.24) is 9.21 Å². The van der Waals surface area contributed by atoms with Crippen molar-refractivity contribution in [3.8, 4) is 0 Å². The highest BCUT2D eigenvalue weighted by Gasteiger charge is 2.28. The van der Waals surface area contributed by atoms with Gasteiger partial charge in [-0.25, -0.2) is 8.42 Å². The van der Waals surface area contributed by atoms with Crippen molar-refractivity contribution in [2.45, 2.75) is 24.7 Å². The zero-order valence-electron chi connectivity index (χ0n) is 14.0. The highest BCUT2D eigenvalue weighted by Crippen LogP contribution is 2.21. The molecule has 0 spiro atoms. The van der Waals surface area contributed by atoms with Crippen LogP contribution in [0.25, 0.3) is 0 Å². The second kappa shape index (κ2) is 7.21. The Morgan fingerprint density at radius 1 is 1.21 bits per heavy atom. The third-order valence-electron chi connectivity index (χ3n) is 4.63. The molecule has 0 saturated carbocycles. The number of carbonyl (C=O) groups is 1. The number of rotatable bonds is 3. The van der Waals surface area contributed by atoms with Gasteiger partial charge >= 0.3 is 0 Å². The lowest BCUT2D eigenvalue weighted by molar-refractivity contribution is 0.0682. The molecule has 0 aromatic heterocycles. The van der Waals surface area contributed by atoms with Crippen molar-refractivity contribution in [1.29, 1.82) is 0 Å². The lowest BCUT2D eigenvalue weighted by atomic mass is 9.99. The third kappa shape index (κ3) is 3.63. The van der Waals surface area contributed by atoms with Crippen LogP contribution < -0.4 is 0 Å². The number of likely N-dealkylation sites (tertiary alicyclic amines) is 1. The number of carbonyl (C=O) groups excluding carboxylic acids is 1. The van der Waals surface area contributed by atoms with Gasteiger partial charge in [0.25, 0.3) is 5.91 Å². The molecule has 2 aliphatic heterocycles. The first-order valence-electron chi connectivity index (χ1n) is 8.46. The summed E-state index contributed by atoms with van der Waals surface area (Å²) < 4.78 is 32.1. The van der Waals surface area contributed by atoms with E-state index in [0.29, 0.717) is 37.8 Å². The molecule has 0 N–H and O–H groups in total. The third-order valence-corrected chi connectivity index (χ3v) is 6.53. The van der Waals surface area contributed by atoms with Gasteiger partial charge in [-0.15, -0.1) is 0 Å². The van der Waals surface area contributed by atoms with E-state index in [0.717, 1.165) is 25.9 Å². The van der Waals surface area contributed by atoms with Gasteiger partial charge in [0.05, 0.1) is 18.1 Å². The van der Waals surface area contributed by atoms with Gasteiger partial charge in [-0.2, -0.15) is 4.31 Å². The monoisotopic (exact) mass is 352 g/mol. The van der Waals surface area contributed by atoms with Crippen LogP contribution in [-0.2, 0) is 14.8 Å². The van der Waals surface area contributed by atoms with Gasteiger partial charge in [0.15, 0.2) is 0 Å². The molecule has 0 unspecified atom stereocenters. The number of piperidine rings is 1. The lowest BCUT2D eigenvalue weighted by Crippen LogP contribution is -2.41. The smallest absolute Gasteiger partial charge is 0.253 e. The molecule has 1 atom stereocenters. The Balaban J connectivity index is 1.82. The van der Waals surface area contributed by atoms with E-state index in [2.05, 4.69) is 6.92 Å². The fourth-order valence-corrected chi connectivity index (χ4v) is 4.74. The minimum atomic E-state index is -3.58. The summed E-state index contributed by atoms with van der Waals surface area (Å²) in [5.74, 6) is 0.406. The normalized spacial score (nSPS) is 23.2. The Bertz CT molecular complexity index is 698. The first kappa shape index (κ1) is 17.4. The molecule has 1 aromatic rings. The molecular formula is C17H24N2O4S. The van der Waals surface area contributed by atoms with E-state index in [-0.39, 0.29) is 10.8 Å². The van der Waals surface area contributed by atoms with Crippen LogP contribution in [0.3, 0.4) is 0 Å². The Labute approximate surface area is 143 Å². The summed E-state index contributed by atoms with van der Waals surface area (Å²) >= 11 is 0. The maximum atomic E-state index is 12.7. The number of ether oxygens (including phenoxy) is 1. The predicted octanol–water partition coefficient (Wildman–Crippen LogP) is 1.58. The van der Waals surface area contributed by atoms with E-state index < -0.39 is 10.0 Å². The highest BCUT2D eigenvalue weighted by atomic mass is 32.2. The van der Waals surface area contributed by atoms with E-state index in [1.165, 1.54) is 10.4 Å². The van der Waals surface area contributed by atoms with E-state index >= 15 is 0 Å². The Kier molecular flexibility index (Phi) is 5.22. The number of morpholine rings is 1. The van der Waals surface area contributed by atoms with Crippen molar-refractivity contribution >= 4 is 15.9 Å². The molecule has 2 heterocycles. The van der Waals surface area contributed by atoms with Crippen LogP contribution in [0.5, 0.6) is 0 Å². The number of sulfonamides is 1. The molecule has 0 aliphatic carbocycles. The zero-order valence-corrected chi connectivity index (χ0v) is 14.8. The number of benzene rings is 1. The molecular weight excluding hydrogens is 328 g/mol. The first-order valence-corrected chi connectivity index (χ1v) is 9.90. The molecule has 24 heavy (non-hydrogen) atoms. The second-order valence-corrected chi connectivity index (χ2v) is 8.48. The van der Waals surface area contributed by atoms with Gasteiger partial charge in [0, 0.05) is 31.7 Å². The average Bonchev–Trinajstić information content (AvgIpc) is 2.62. The minimum absolute atomic E-state index is 0.0828. The van der Waals surface area contributed by atoms with Crippen LogP contribution in [0.15, 0.2) is 29.2 Å². The fourth-order valence-electron chi connectivity index (χ4n) is 3.28. The van der Waals surface area contributed by atoms with Gasteiger partial charge in [-0.05, 0) is 37.0 Å².